The third-order valence-electron chi connectivity index (χ3n) is 3.66. The van der Waals surface area contributed by atoms with Gasteiger partial charge in [-0.05, 0) is 24.7 Å². The molecule has 1 saturated carbocycles. The van der Waals surface area contributed by atoms with Crippen molar-refractivity contribution in [3.8, 4) is 0 Å². The number of carbonyl (C=O) groups excluding carboxylic acids is 2. The van der Waals surface area contributed by atoms with Crippen LogP contribution in [0.5, 0.6) is 0 Å². The largest absolute Gasteiger partial charge is 0.354 e. The molecule has 2 fully saturated rings. The lowest BCUT2D eigenvalue weighted by molar-refractivity contribution is -0.132. The van der Waals surface area contributed by atoms with Crippen molar-refractivity contribution in [1.29, 1.82) is 0 Å². The fourth-order valence-electron chi connectivity index (χ4n) is 2.57. The first-order valence-electron chi connectivity index (χ1n) is 5.63. The van der Waals surface area contributed by atoms with Gasteiger partial charge in [0.2, 0.25) is 12.3 Å². The second-order valence-corrected chi connectivity index (χ2v) is 4.94. The summed E-state index contributed by atoms with van der Waals surface area (Å²) in [7, 11) is 0. The monoisotopic (exact) mass is 210 g/mol. The summed E-state index contributed by atoms with van der Waals surface area (Å²) in [5, 5.41) is 2.86. The Bertz CT molecular complexity index is 292. The summed E-state index contributed by atoms with van der Waals surface area (Å²) >= 11 is 0. The number of likely N-dealkylation sites (tertiary alicyclic amines) is 1. The van der Waals surface area contributed by atoms with E-state index < -0.39 is 0 Å². The Morgan fingerprint density at radius 3 is 2.93 bits per heavy atom. The van der Waals surface area contributed by atoms with Crippen molar-refractivity contribution in [2.45, 2.75) is 45.2 Å². The fraction of sp³-hybridized carbons (Fsp3) is 0.818. The van der Waals surface area contributed by atoms with E-state index >= 15 is 0 Å². The lowest BCUT2D eigenvalue weighted by Gasteiger charge is -2.22. The molecule has 0 bridgehead atoms. The van der Waals surface area contributed by atoms with Crippen LogP contribution in [0.25, 0.3) is 0 Å². The summed E-state index contributed by atoms with van der Waals surface area (Å²) in [6, 6.07) is 0.0881. The van der Waals surface area contributed by atoms with Crippen LogP contribution in [0, 0.1) is 5.41 Å². The molecule has 4 nitrogen and oxygen atoms in total. The van der Waals surface area contributed by atoms with Crippen LogP contribution in [0.2, 0.25) is 0 Å². The van der Waals surface area contributed by atoms with E-state index in [1.807, 2.05) is 6.92 Å². The number of hydrogen-bond acceptors (Lipinski definition) is 2. The normalized spacial score (nSPS) is 37.3. The van der Waals surface area contributed by atoms with Crippen LogP contribution >= 0.6 is 0 Å². The van der Waals surface area contributed by atoms with Crippen molar-refractivity contribution in [3.05, 3.63) is 0 Å². The van der Waals surface area contributed by atoms with Crippen molar-refractivity contribution < 1.29 is 9.59 Å². The highest BCUT2D eigenvalue weighted by Crippen LogP contribution is 2.58. The summed E-state index contributed by atoms with van der Waals surface area (Å²) in [6.07, 6.45) is 3.65. The molecule has 1 aliphatic heterocycles. The Hall–Kier alpha value is -1.06. The molecule has 0 aromatic rings. The first kappa shape index (κ1) is 10.5. The smallest absolute Gasteiger partial charge is 0.242 e. The standard InChI is InChI=1S/C11H18N2O2/c1-3-4-12-10(15)8-5-11(2)6-9(11)13(8)7-14/h7-9H,3-6H2,1-2H3,(H,12,15)/t8-,9+,11-/m0/s1. The molecule has 0 aromatic heterocycles. The summed E-state index contributed by atoms with van der Waals surface area (Å²) in [6.45, 7) is 4.87. The maximum absolute atomic E-state index is 11.8. The number of amides is 2. The first-order chi connectivity index (χ1) is 7.12. The molecule has 15 heavy (non-hydrogen) atoms. The Morgan fingerprint density at radius 2 is 2.33 bits per heavy atom. The first-order valence-corrected chi connectivity index (χ1v) is 5.63. The van der Waals surface area contributed by atoms with Crippen molar-refractivity contribution in [3.63, 3.8) is 0 Å². The Balaban J connectivity index is 1.98. The molecule has 84 valence electrons. The average molecular weight is 210 g/mol. The highest BCUT2D eigenvalue weighted by molar-refractivity contribution is 5.85. The average Bonchev–Trinajstić information content (AvgIpc) is 2.79. The number of nitrogens with zero attached hydrogens (tertiary/aromatic N) is 1. The van der Waals surface area contributed by atoms with Gasteiger partial charge in [0.15, 0.2) is 0 Å². The van der Waals surface area contributed by atoms with Crippen molar-refractivity contribution in [2.75, 3.05) is 6.54 Å². The quantitative estimate of drug-likeness (QED) is 0.688. The number of fused-ring (bicyclic) bond motifs is 1. The minimum Gasteiger partial charge on any atom is -0.354 e. The molecule has 2 rings (SSSR count). The Kier molecular flexibility index (Phi) is 2.44. The maximum atomic E-state index is 11.8. The Morgan fingerprint density at radius 1 is 1.60 bits per heavy atom. The van der Waals surface area contributed by atoms with Gasteiger partial charge in [0, 0.05) is 12.6 Å². The number of rotatable bonds is 4. The molecule has 0 radical (unpaired) electrons. The van der Waals surface area contributed by atoms with Crippen LogP contribution < -0.4 is 5.32 Å². The third kappa shape index (κ3) is 1.62. The van der Waals surface area contributed by atoms with Gasteiger partial charge in [0.25, 0.3) is 0 Å². The lowest BCUT2D eigenvalue weighted by atomic mass is 10.0. The lowest BCUT2D eigenvalue weighted by Crippen LogP contribution is -2.44. The molecule has 2 amide bonds. The molecule has 1 saturated heterocycles. The molecule has 0 aromatic carbocycles. The molecule has 0 unspecified atom stereocenters. The number of nitrogens with one attached hydrogen (secondary N) is 1. The van der Waals surface area contributed by atoms with E-state index in [-0.39, 0.29) is 17.4 Å². The second-order valence-electron chi connectivity index (χ2n) is 4.94. The zero-order valence-electron chi connectivity index (χ0n) is 9.32. The zero-order valence-corrected chi connectivity index (χ0v) is 9.32. The van der Waals surface area contributed by atoms with E-state index in [0.29, 0.717) is 12.6 Å². The minimum atomic E-state index is -0.224. The van der Waals surface area contributed by atoms with Crippen LogP contribution in [0.4, 0.5) is 0 Å². The topological polar surface area (TPSA) is 49.4 Å². The predicted octanol–water partition coefficient (Wildman–Crippen LogP) is 0.522. The zero-order chi connectivity index (χ0) is 11.1. The molecule has 2 aliphatic rings. The second kappa shape index (κ2) is 3.51. The van der Waals surface area contributed by atoms with Crippen LogP contribution in [0.1, 0.15) is 33.1 Å². The van der Waals surface area contributed by atoms with Crippen LogP contribution in [0.3, 0.4) is 0 Å². The predicted molar refractivity (Wildman–Crippen MR) is 56.1 cm³/mol. The van der Waals surface area contributed by atoms with Gasteiger partial charge in [-0.3, -0.25) is 9.59 Å². The molecule has 1 aliphatic carbocycles. The number of piperidine rings is 1. The molecular formula is C11H18N2O2. The van der Waals surface area contributed by atoms with Gasteiger partial charge in [0.1, 0.15) is 6.04 Å². The van der Waals surface area contributed by atoms with Crippen LogP contribution in [-0.2, 0) is 9.59 Å². The summed E-state index contributed by atoms with van der Waals surface area (Å²) in [5.74, 6) is 0.0115. The van der Waals surface area contributed by atoms with E-state index in [1.165, 1.54) is 0 Å². The van der Waals surface area contributed by atoms with Gasteiger partial charge in [-0.25, -0.2) is 0 Å². The van der Waals surface area contributed by atoms with Crippen molar-refractivity contribution in [2.24, 2.45) is 5.41 Å². The van der Waals surface area contributed by atoms with E-state index in [2.05, 4.69) is 12.2 Å². The van der Waals surface area contributed by atoms with Crippen molar-refractivity contribution in [1.82, 2.24) is 10.2 Å². The SMILES string of the molecule is CCCNC(=O)[C@@H]1C[C@@]2(C)C[C@H]2N1C=O. The Labute approximate surface area is 90.0 Å². The van der Waals surface area contributed by atoms with E-state index in [4.69, 9.17) is 0 Å². The fourth-order valence-corrected chi connectivity index (χ4v) is 2.57. The molecule has 0 spiro atoms. The molecule has 3 atom stereocenters. The van der Waals surface area contributed by atoms with Gasteiger partial charge in [-0.15, -0.1) is 0 Å². The molecule has 1 N–H and O–H groups in total. The van der Waals surface area contributed by atoms with E-state index in [9.17, 15) is 9.59 Å². The number of hydrogen-bond donors (Lipinski definition) is 1. The van der Waals surface area contributed by atoms with Gasteiger partial charge in [-0.2, -0.15) is 0 Å². The van der Waals surface area contributed by atoms with Gasteiger partial charge >= 0.3 is 0 Å². The highest BCUT2D eigenvalue weighted by Gasteiger charge is 2.62. The summed E-state index contributed by atoms with van der Waals surface area (Å²) < 4.78 is 0. The summed E-state index contributed by atoms with van der Waals surface area (Å²) in [5.41, 5.74) is 0.217. The number of carbonyl (C=O) groups is 2. The van der Waals surface area contributed by atoms with Crippen LogP contribution in [0.15, 0.2) is 0 Å². The highest BCUT2D eigenvalue weighted by atomic mass is 16.2. The third-order valence-corrected chi connectivity index (χ3v) is 3.66. The van der Waals surface area contributed by atoms with E-state index in [0.717, 1.165) is 25.7 Å². The van der Waals surface area contributed by atoms with Gasteiger partial charge in [-0.1, -0.05) is 13.8 Å². The van der Waals surface area contributed by atoms with E-state index in [1.54, 1.807) is 4.90 Å². The molecule has 1 heterocycles. The van der Waals surface area contributed by atoms with Gasteiger partial charge < -0.3 is 10.2 Å². The van der Waals surface area contributed by atoms with Crippen LogP contribution in [-0.4, -0.2) is 35.8 Å². The van der Waals surface area contributed by atoms with Crippen molar-refractivity contribution >= 4 is 12.3 Å². The summed E-state index contributed by atoms with van der Waals surface area (Å²) in [4.78, 5) is 24.4. The van der Waals surface area contributed by atoms with Gasteiger partial charge in [0.05, 0.1) is 0 Å². The molecular weight excluding hydrogens is 192 g/mol. The molecule has 4 heteroatoms. The maximum Gasteiger partial charge on any atom is 0.242 e. The minimum absolute atomic E-state index is 0.0115.